The number of carboxylic acid groups (broad SMARTS) is 1. The molecule has 0 fully saturated rings. The number of carboxylic acids is 1. The van der Waals surface area contributed by atoms with E-state index in [1.165, 1.54) is 0 Å². The van der Waals surface area contributed by atoms with Gasteiger partial charge < -0.3 is 45.1 Å². The zero-order chi connectivity index (χ0) is 45.3. The Morgan fingerprint density at radius 3 is 1.47 bits per heavy atom. The number of aliphatic carboxylic acids is 1. The molecule has 0 saturated carbocycles. The van der Waals surface area contributed by atoms with Gasteiger partial charge in [0.25, 0.3) is 0 Å². The zero-order valence-electron chi connectivity index (χ0n) is 37.2. The van der Waals surface area contributed by atoms with Crippen LogP contribution in [0, 0.1) is 13.8 Å². The fraction of sp³-hybridized carbons (Fsp3) is 0.192. The molecule has 0 radical (unpaired) electrons. The van der Waals surface area contributed by atoms with Gasteiger partial charge >= 0.3 is 30.8 Å². The molecular weight excluding hydrogens is 963 g/mol. The molecule has 0 spiro atoms. The standard InChI is InChI=1S/C27H26BrNO4.C25H22BrNO4.Li.H2O/c1-3-31-25(30)14-21-8-4-5-10-24(21)32-16-19-12-22(20-9-6-7-18(11-20)15-29)27-23(13-19)26(28)17(2)33-27;1-15-24(26)21-11-17(14-30-22-8-3-2-6-19(22)12-23(28)29)10-20(25(21)31-15)18-7-4-5-16(9-18)13-27;;/h4-13H,3,14-16,29H2,1-2H3;2-11H,12-14,27H2,1H3,(H,28,29);;1H2/q;;+1;/p-1. The summed E-state index contributed by atoms with van der Waals surface area (Å²) < 4.78 is 31.3. The third-order valence-electron chi connectivity index (χ3n) is 10.6. The van der Waals surface area contributed by atoms with Crippen molar-refractivity contribution in [2.45, 2.75) is 59.9 Å². The minimum atomic E-state index is -0.891. The topological polar surface area (TPSA) is 190 Å². The van der Waals surface area contributed by atoms with Crippen LogP contribution in [0.4, 0.5) is 0 Å². The number of carbonyl (C=O) groups is 2. The molecule has 11 nitrogen and oxygen atoms in total. The number of benzene rings is 6. The first-order valence-electron chi connectivity index (χ1n) is 20.8. The van der Waals surface area contributed by atoms with Gasteiger partial charge in [0.1, 0.15) is 47.4 Å². The normalized spacial score (nSPS) is 10.7. The summed E-state index contributed by atoms with van der Waals surface area (Å²) in [4.78, 5) is 23.1. The second-order valence-corrected chi connectivity index (χ2v) is 16.7. The predicted octanol–water partition coefficient (Wildman–Crippen LogP) is 8.98. The molecule has 0 unspecified atom stereocenters. The molecule has 0 atom stereocenters. The van der Waals surface area contributed by atoms with Crippen LogP contribution >= 0.6 is 31.9 Å². The predicted molar refractivity (Wildman–Crippen MR) is 259 cm³/mol. The van der Waals surface area contributed by atoms with E-state index < -0.39 is 5.97 Å². The van der Waals surface area contributed by atoms with E-state index in [9.17, 15) is 9.59 Å². The number of rotatable bonds is 15. The Bertz CT molecular complexity index is 2970. The van der Waals surface area contributed by atoms with Crippen LogP contribution in [0.5, 0.6) is 11.5 Å². The van der Waals surface area contributed by atoms with Crippen LogP contribution in [0.15, 0.2) is 139 Å². The molecular formula is C52H49Br2LiN2O9. The number of hydrogen-bond donors (Lipinski definition) is 3. The van der Waals surface area contributed by atoms with E-state index in [1.54, 1.807) is 19.1 Å². The van der Waals surface area contributed by atoms with Crippen molar-refractivity contribution >= 4 is 65.7 Å². The Hall–Kier alpha value is -5.62. The number of fused-ring (bicyclic) bond motifs is 2. The van der Waals surface area contributed by atoms with Crippen molar-refractivity contribution in [2.24, 2.45) is 11.5 Å². The van der Waals surface area contributed by atoms with E-state index in [0.717, 1.165) is 92.5 Å². The molecule has 0 bridgehead atoms. The van der Waals surface area contributed by atoms with E-state index in [4.69, 9.17) is 39.6 Å². The largest absolute Gasteiger partial charge is 1.00 e. The first-order chi connectivity index (χ1) is 31.0. The smallest absolute Gasteiger partial charge is 0.870 e. The molecule has 66 heavy (non-hydrogen) atoms. The summed E-state index contributed by atoms with van der Waals surface area (Å²) >= 11 is 7.30. The molecule has 0 aliphatic rings. The van der Waals surface area contributed by atoms with Crippen molar-refractivity contribution in [1.29, 1.82) is 0 Å². The van der Waals surface area contributed by atoms with Gasteiger partial charge in [0.2, 0.25) is 0 Å². The molecule has 2 heterocycles. The number of aryl methyl sites for hydroxylation is 2. The number of carbonyl (C=O) groups excluding carboxylic acids is 1. The molecule has 2 aromatic heterocycles. The summed E-state index contributed by atoms with van der Waals surface area (Å²) in [5.41, 5.74) is 22.8. The van der Waals surface area contributed by atoms with Crippen molar-refractivity contribution < 1.29 is 62.1 Å². The second kappa shape index (κ2) is 23.7. The van der Waals surface area contributed by atoms with Crippen LogP contribution in [0.3, 0.4) is 0 Å². The number of halogens is 2. The third kappa shape index (κ3) is 12.2. The van der Waals surface area contributed by atoms with Crippen LogP contribution < -0.4 is 39.8 Å². The Kier molecular flexibility index (Phi) is 18.5. The van der Waals surface area contributed by atoms with Gasteiger partial charge in [-0.1, -0.05) is 72.8 Å². The van der Waals surface area contributed by atoms with Crippen LogP contribution in [0.1, 0.15) is 51.8 Å². The van der Waals surface area contributed by atoms with Gasteiger partial charge in [-0.15, -0.1) is 0 Å². The van der Waals surface area contributed by atoms with Gasteiger partial charge in [0.05, 0.1) is 28.4 Å². The average Bonchev–Trinajstić information content (AvgIpc) is 3.76. The maximum atomic E-state index is 12.0. The molecule has 0 aliphatic heterocycles. The summed E-state index contributed by atoms with van der Waals surface area (Å²) in [5.74, 6) is 1.70. The van der Waals surface area contributed by atoms with Crippen molar-refractivity contribution in [1.82, 2.24) is 0 Å². The van der Waals surface area contributed by atoms with Crippen molar-refractivity contribution in [3.05, 3.63) is 175 Å². The third-order valence-corrected chi connectivity index (χ3v) is 12.5. The monoisotopic (exact) mass is 1010 g/mol. The van der Waals surface area contributed by atoms with Crippen LogP contribution in [-0.2, 0) is 53.5 Å². The van der Waals surface area contributed by atoms with Gasteiger partial charge in [-0.05, 0) is 135 Å². The molecule has 0 aliphatic carbocycles. The minimum absolute atomic E-state index is 0. The Morgan fingerprint density at radius 2 is 1.05 bits per heavy atom. The van der Waals surface area contributed by atoms with E-state index in [2.05, 4.69) is 62.2 Å². The van der Waals surface area contributed by atoms with E-state index >= 15 is 0 Å². The number of esters is 1. The number of hydrogen-bond acceptors (Lipinski definition) is 10. The van der Waals surface area contributed by atoms with Gasteiger partial charge in [0.15, 0.2) is 0 Å². The Balaban J connectivity index is 0.000000241. The molecule has 6 aromatic carbocycles. The summed E-state index contributed by atoms with van der Waals surface area (Å²) in [6.45, 7) is 7.58. The fourth-order valence-electron chi connectivity index (χ4n) is 7.46. The van der Waals surface area contributed by atoms with E-state index in [-0.39, 0.29) is 43.1 Å². The number of furan rings is 2. The van der Waals surface area contributed by atoms with E-state index in [0.29, 0.717) is 50.0 Å². The van der Waals surface area contributed by atoms with Gasteiger partial charge in [-0.25, -0.2) is 0 Å². The van der Waals surface area contributed by atoms with Gasteiger partial charge in [-0.2, -0.15) is 0 Å². The van der Waals surface area contributed by atoms with Crippen LogP contribution in [0.25, 0.3) is 44.2 Å². The van der Waals surface area contributed by atoms with Gasteiger partial charge in [-0.3, -0.25) is 9.59 Å². The Labute approximate surface area is 412 Å². The first kappa shape index (κ1) is 51.4. The van der Waals surface area contributed by atoms with E-state index in [1.807, 2.05) is 92.7 Å². The maximum absolute atomic E-state index is 12.0. The van der Waals surface area contributed by atoms with Crippen molar-refractivity contribution in [3.63, 3.8) is 0 Å². The SMILES string of the molecule is CCOC(=O)Cc1ccccc1OCc1cc(-c2cccc(CN)c2)c2oc(C)c(Br)c2c1.Cc1oc2c(-c3cccc(CN)c3)cc(COc3ccccc3CC(=O)O)cc2c1Br.[Li+].[OH-]. The summed E-state index contributed by atoms with van der Waals surface area (Å²) in [7, 11) is 0. The number of ether oxygens (including phenoxy) is 3. The van der Waals surface area contributed by atoms with Crippen molar-refractivity contribution in [2.75, 3.05) is 6.61 Å². The molecule has 6 N–H and O–H groups in total. The molecule has 8 rings (SSSR count). The number of nitrogens with two attached hydrogens (primary N) is 2. The molecule has 336 valence electrons. The van der Waals surface area contributed by atoms with Crippen LogP contribution in [-0.4, -0.2) is 29.1 Å². The first-order valence-corrected chi connectivity index (χ1v) is 22.3. The average molecular weight is 1010 g/mol. The molecule has 0 amide bonds. The molecule has 0 saturated heterocycles. The summed E-state index contributed by atoms with van der Waals surface area (Å²) in [5, 5.41) is 11.1. The summed E-state index contributed by atoms with van der Waals surface area (Å²) in [6.07, 6.45) is 0.0888. The maximum Gasteiger partial charge on any atom is 1.00 e. The zero-order valence-corrected chi connectivity index (χ0v) is 40.3. The Morgan fingerprint density at radius 1 is 0.606 bits per heavy atom. The fourth-order valence-corrected chi connectivity index (χ4v) is 8.21. The second-order valence-electron chi connectivity index (χ2n) is 15.1. The quantitative estimate of drug-likeness (QED) is 0.0657. The van der Waals surface area contributed by atoms with Crippen molar-refractivity contribution in [3.8, 4) is 33.8 Å². The number of para-hydroxylation sites is 2. The van der Waals surface area contributed by atoms with Crippen LogP contribution in [0.2, 0.25) is 0 Å². The van der Waals surface area contributed by atoms with Gasteiger partial charge in [0, 0.05) is 46.1 Å². The molecule has 14 heteroatoms. The molecule has 8 aromatic rings. The summed E-state index contributed by atoms with van der Waals surface area (Å²) in [6, 6.07) is 39.2. The minimum Gasteiger partial charge on any atom is -0.870 e.